The van der Waals surface area contributed by atoms with E-state index >= 15 is 0 Å². The van der Waals surface area contributed by atoms with Gasteiger partial charge in [0.25, 0.3) is 0 Å². The highest BCUT2D eigenvalue weighted by molar-refractivity contribution is 5.92. The molecule has 0 N–H and O–H groups in total. The number of methoxy groups -OCH3 is 2. The summed E-state index contributed by atoms with van der Waals surface area (Å²) < 4.78 is 45.3. The Labute approximate surface area is 553 Å². The standard InChI is InChI=1S/2C19H26O2.2C18H24O2.8CH4/c1-6-14(4)15-7-8-17-12-18(10-9-16(17)11-15)21-19(20-5)13(2)3;1-6-14(4)15-11-12-18(21-19(20-5)13(2)3)17-10-8-7-9-16(15)17;1-5-13(3)15-7-8-17-12-18(10-9-16(17)11-15)20-14(4)19-6-2;1-5-13(3)15-11-12-18(20-14(4)19-6-2)17-10-8-7-9-16(15)17;;;;;;;;/h2*7-14,19H,6H2,1-5H3;2*7-14H,5-6H2,1-4H3;8*1H4. The third-order valence-electron chi connectivity index (χ3n) is 15.6. The highest BCUT2D eigenvalue weighted by atomic mass is 16.7. The Balaban J connectivity index is -0.000000532. The minimum absolute atomic E-state index is 0. The van der Waals surface area contributed by atoms with Gasteiger partial charge in [0.05, 0.1) is 0 Å². The van der Waals surface area contributed by atoms with Crippen molar-refractivity contribution in [3.05, 3.63) is 168 Å². The zero-order valence-corrected chi connectivity index (χ0v) is 53.1. The van der Waals surface area contributed by atoms with Gasteiger partial charge >= 0.3 is 0 Å². The van der Waals surface area contributed by atoms with E-state index in [0.717, 1.165) is 53.0 Å². The predicted octanol–water partition coefficient (Wildman–Crippen LogP) is 26.0. The molecule has 0 aliphatic heterocycles. The van der Waals surface area contributed by atoms with E-state index in [9.17, 15) is 0 Å². The van der Waals surface area contributed by atoms with Crippen LogP contribution >= 0.6 is 0 Å². The van der Waals surface area contributed by atoms with Crippen molar-refractivity contribution in [3.63, 3.8) is 0 Å². The SMILES string of the molecule is C.C.C.C.C.C.C.C.CCC(C)c1ccc(OC(OC)C(C)C)c2ccccc12.CCC(C)c1ccc2cc(OC(OC)C(C)C)ccc2c1.CCOC(C)Oc1ccc(C(C)CC)c2ccccc12.CCOC(C)Oc1ccc2cc(C(C)CC)ccc2c1. The molecule has 0 bridgehead atoms. The van der Waals surface area contributed by atoms with Crippen LogP contribution in [-0.2, 0) is 18.9 Å². The summed E-state index contributed by atoms with van der Waals surface area (Å²) in [4.78, 5) is 0. The maximum absolute atomic E-state index is 6.08. The van der Waals surface area contributed by atoms with Gasteiger partial charge in [0.1, 0.15) is 23.0 Å². The molecule has 8 unspecified atom stereocenters. The fourth-order valence-corrected chi connectivity index (χ4v) is 9.89. The first-order valence-electron chi connectivity index (χ1n) is 30.5. The maximum atomic E-state index is 6.08. The molecule has 508 valence electrons. The Bertz CT molecular complexity index is 3150. The first kappa shape index (κ1) is 90.3. The fraction of sp³-hybridized carbons (Fsp3) is 0.512. The molecule has 0 amide bonds. The number of benzene rings is 8. The zero-order valence-electron chi connectivity index (χ0n) is 53.1. The van der Waals surface area contributed by atoms with Crippen molar-refractivity contribution >= 4 is 43.1 Å². The van der Waals surface area contributed by atoms with Gasteiger partial charge in [-0.05, 0) is 168 Å². The summed E-state index contributed by atoms with van der Waals surface area (Å²) in [6.45, 7) is 35.5. The van der Waals surface area contributed by atoms with Gasteiger partial charge in [-0.15, -0.1) is 0 Å². The lowest BCUT2D eigenvalue weighted by molar-refractivity contribution is -0.0833. The fourth-order valence-electron chi connectivity index (χ4n) is 9.89. The quantitative estimate of drug-likeness (QED) is 0.0554. The van der Waals surface area contributed by atoms with E-state index in [1.165, 1.54) is 61.0 Å². The van der Waals surface area contributed by atoms with Crippen LogP contribution in [0.15, 0.2) is 146 Å². The predicted molar refractivity (Wildman–Crippen MR) is 400 cm³/mol. The first-order chi connectivity index (χ1) is 39.4. The lowest BCUT2D eigenvalue weighted by Gasteiger charge is -2.23. The molecule has 0 aromatic heterocycles. The van der Waals surface area contributed by atoms with Crippen molar-refractivity contribution < 1.29 is 37.9 Å². The minimum Gasteiger partial charge on any atom is -0.465 e. The largest absolute Gasteiger partial charge is 0.465 e. The van der Waals surface area contributed by atoms with Crippen molar-refractivity contribution in [2.75, 3.05) is 27.4 Å². The molecule has 8 rings (SSSR count). The summed E-state index contributed by atoms with van der Waals surface area (Å²) in [7, 11) is 3.38. The van der Waals surface area contributed by atoms with Crippen LogP contribution in [0.1, 0.15) is 242 Å². The van der Waals surface area contributed by atoms with E-state index in [1.54, 1.807) is 14.2 Å². The Morgan fingerprint density at radius 2 is 0.633 bits per heavy atom. The molecule has 0 spiro atoms. The van der Waals surface area contributed by atoms with Crippen LogP contribution in [0.5, 0.6) is 23.0 Å². The van der Waals surface area contributed by atoms with Gasteiger partial charge in [0.15, 0.2) is 12.6 Å². The average Bonchev–Trinajstić information content (AvgIpc) is 0.855. The molecule has 8 heteroatoms. The third-order valence-corrected chi connectivity index (χ3v) is 15.6. The van der Waals surface area contributed by atoms with Gasteiger partial charge in [-0.3, -0.25) is 0 Å². The van der Waals surface area contributed by atoms with Crippen LogP contribution in [0, 0.1) is 11.8 Å². The number of rotatable bonds is 24. The molecule has 0 radical (unpaired) electrons. The monoisotopic (exact) mass is 1240 g/mol. The van der Waals surface area contributed by atoms with Crippen LogP contribution in [0.3, 0.4) is 0 Å². The molecule has 0 aliphatic rings. The Morgan fingerprint density at radius 3 is 0.989 bits per heavy atom. The third kappa shape index (κ3) is 25.8. The van der Waals surface area contributed by atoms with Gasteiger partial charge in [0.2, 0.25) is 12.6 Å². The molecule has 8 aromatic carbocycles. The van der Waals surface area contributed by atoms with Crippen molar-refractivity contribution in [3.8, 4) is 23.0 Å². The second kappa shape index (κ2) is 46.0. The number of fused-ring (bicyclic) bond motifs is 4. The van der Waals surface area contributed by atoms with Gasteiger partial charge < -0.3 is 37.9 Å². The molecular weight excluding hydrogens is 1110 g/mol. The summed E-state index contributed by atoms with van der Waals surface area (Å²) in [5, 5.41) is 9.83. The van der Waals surface area contributed by atoms with Gasteiger partial charge in [-0.25, -0.2) is 0 Å². The molecule has 8 nitrogen and oxygen atoms in total. The van der Waals surface area contributed by atoms with Crippen LogP contribution < -0.4 is 18.9 Å². The summed E-state index contributed by atoms with van der Waals surface area (Å²) >= 11 is 0. The first-order valence-corrected chi connectivity index (χ1v) is 30.5. The summed E-state index contributed by atoms with van der Waals surface area (Å²) in [5.41, 5.74) is 5.57. The molecule has 0 aliphatic carbocycles. The van der Waals surface area contributed by atoms with E-state index in [1.807, 2.05) is 39.8 Å². The van der Waals surface area contributed by atoms with Crippen LogP contribution in [0.25, 0.3) is 43.1 Å². The Morgan fingerprint density at radius 1 is 0.311 bits per heavy atom. The van der Waals surface area contributed by atoms with E-state index in [4.69, 9.17) is 37.9 Å². The van der Waals surface area contributed by atoms with E-state index < -0.39 is 0 Å². The van der Waals surface area contributed by atoms with Gasteiger partial charge in [-0.1, -0.05) is 252 Å². The van der Waals surface area contributed by atoms with Crippen molar-refractivity contribution in [2.24, 2.45) is 11.8 Å². The minimum atomic E-state index is -0.224. The maximum Gasteiger partial charge on any atom is 0.201 e. The van der Waals surface area contributed by atoms with Crippen molar-refractivity contribution in [1.82, 2.24) is 0 Å². The Hall–Kier alpha value is -6.16. The highest BCUT2D eigenvalue weighted by Gasteiger charge is 2.19. The van der Waals surface area contributed by atoms with Crippen LogP contribution in [-0.4, -0.2) is 52.6 Å². The number of hydrogen-bond acceptors (Lipinski definition) is 8. The van der Waals surface area contributed by atoms with E-state index in [0.29, 0.717) is 48.7 Å². The van der Waals surface area contributed by atoms with Crippen LogP contribution in [0.4, 0.5) is 0 Å². The highest BCUT2D eigenvalue weighted by Crippen LogP contribution is 2.37. The van der Waals surface area contributed by atoms with Gasteiger partial charge in [-0.2, -0.15) is 0 Å². The number of hydrogen-bond donors (Lipinski definition) is 0. The topological polar surface area (TPSA) is 73.8 Å². The molecule has 8 atom stereocenters. The van der Waals surface area contributed by atoms with Crippen LogP contribution in [0.2, 0.25) is 0 Å². The summed E-state index contributed by atoms with van der Waals surface area (Å²) in [5.74, 6) is 6.45. The second-order valence-electron chi connectivity index (χ2n) is 22.4. The molecule has 0 saturated carbocycles. The van der Waals surface area contributed by atoms with E-state index in [-0.39, 0.29) is 84.6 Å². The summed E-state index contributed by atoms with van der Waals surface area (Å²) in [6.07, 6.45) is 3.74. The molecule has 0 heterocycles. The van der Waals surface area contributed by atoms with Gasteiger partial charge in [0, 0.05) is 50.0 Å². The molecule has 0 fully saturated rings. The lowest BCUT2D eigenvalue weighted by Crippen LogP contribution is -2.25. The lowest BCUT2D eigenvalue weighted by atomic mass is 9.92. The zero-order chi connectivity index (χ0) is 59.9. The van der Waals surface area contributed by atoms with Crippen molar-refractivity contribution in [2.45, 2.75) is 245 Å². The molecule has 8 aromatic rings. The van der Waals surface area contributed by atoms with Crippen molar-refractivity contribution in [1.29, 1.82) is 0 Å². The normalized spacial score (nSPS) is 13.0. The van der Waals surface area contributed by atoms with E-state index in [2.05, 4.69) is 217 Å². The molecule has 90 heavy (non-hydrogen) atoms. The Kier molecular flexibility index (Phi) is 46.1. The second-order valence-corrected chi connectivity index (χ2v) is 22.4. The number of ether oxygens (including phenoxy) is 8. The molecular formula is C82H132O8. The average molecular weight is 1250 g/mol. The smallest absolute Gasteiger partial charge is 0.201 e. The summed E-state index contributed by atoms with van der Waals surface area (Å²) in [6, 6.07) is 51.2. The molecule has 0 saturated heterocycles.